The van der Waals surface area contributed by atoms with Crippen molar-refractivity contribution >= 4 is 17.3 Å². The van der Waals surface area contributed by atoms with Gasteiger partial charge in [-0.15, -0.1) is 0 Å². The molecule has 0 radical (unpaired) electrons. The van der Waals surface area contributed by atoms with Crippen LogP contribution in [-0.4, -0.2) is 30.5 Å². The second kappa shape index (κ2) is 8.90. The lowest BCUT2D eigenvalue weighted by atomic mass is 9.80. The Morgan fingerprint density at radius 3 is 2.48 bits per heavy atom. The molecule has 3 N–H and O–H groups in total. The summed E-state index contributed by atoms with van der Waals surface area (Å²) in [6.07, 6.45) is 0.287. The number of hydrogen-bond donors (Lipinski definition) is 2. The van der Waals surface area contributed by atoms with Crippen molar-refractivity contribution in [2.75, 3.05) is 29.9 Å². The summed E-state index contributed by atoms with van der Waals surface area (Å²) in [6.45, 7) is 3.93. The summed E-state index contributed by atoms with van der Waals surface area (Å²) >= 11 is 0. The quantitative estimate of drug-likeness (QED) is 0.551. The molecule has 0 saturated carbocycles. The number of carbonyl (C=O) groups is 1. The zero-order valence-electron chi connectivity index (χ0n) is 18.2. The average molecular weight is 458 g/mol. The number of alkyl halides is 3. The molecule has 2 aromatic heterocycles. The maximum Gasteiger partial charge on any atom is 0.416 e. The highest BCUT2D eigenvalue weighted by atomic mass is 19.4. The number of halogens is 3. The van der Waals surface area contributed by atoms with Crippen LogP contribution in [0.1, 0.15) is 35.9 Å². The van der Waals surface area contributed by atoms with Gasteiger partial charge in [0.2, 0.25) is 0 Å². The topological polar surface area (TPSA) is 84.4 Å². The van der Waals surface area contributed by atoms with E-state index in [0.717, 1.165) is 30.5 Å². The van der Waals surface area contributed by atoms with Crippen LogP contribution in [0.3, 0.4) is 0 Å². The van der Waals surface area contributed by atoms with Gasteiger partial charge in [0.15, 0.2) is 5.76 Å². The number of nitrogens with zero attached hydrogens (tertiary/aromatic N) is 2. The molecular weight excluding hydrogens is 433 g/mol. The fourth-order valence-corrected chi connectivity index (χ4v) is 3.89. The molecule has 4 rings (SSSR count). The SMILES string of the molecule is CC1(CN)CCN(c2ccc(C(F)(F)F)cc2NC(=O)c2ccc(-c3ccncc3)o2)CC1. The third-order valence-electron chi connectivity index (χ3n) is 6.17. The van der Waals surface area contributed by atoms with Gasteiger partial charge in [-0.25, -0.2) is 0 Å². The summed E-state index contributed by atoms with van der Waals surface area (Å²) in [5, 5.41) is 2.62. The van der Waals surface area contributed by atoms with Gasteiger partial charge in [0.1, 0.15) is 5.76 Å². The first-order valence-electron chi connectivity index (χ1n) is 10.7. The van der Waals surface area contributed by atoms with E-state index in [1.54, 1.807) is 30.6 Å². The van der Waals surface area contributed by atoms with Crippen molar-refractivity contribution in [3.8, 4) is 11.3 Å². The van der Waals surface area contributed by atoms with Gasteiger partial charge in [-0.2, -0.15) is 13.2 Å². The molecule has 3 heterocycles. The molecule has 1 aromatic carbocycles. The molecule has 0 bridgehead atoms. The van der Waals surface area contributed by atoms with Gasteiger partial charge in [0, 0.05) is 31.0 Å². The number of furan rings is 1. The number of carbonyl (C=O) groups excluding carboxylic acids is 1. The van der Waals surface area contributed by atoms with E-state index in [9.17, 15) is 18.0 Å². The van der Waals surface area contributed by atoms with Crippen LogP contribution >= 0.6 is 0 Å². The number of amides is 1. The molecule has 6 nitrogen and oxygen atoms in total. The number of nitrogens with two attached hydrogens (primary N) is 1. The Labute approximate surface area is 189 Å². The van der Waals surface area contributed by atoms with Gasteiger partial charge in [0.25, 0.3) is 5.91 Å². The molecule has 1 fully saturated rings. The fourth-order valence-electron chi connectivity index (χ4n) is 3.89. The van der Waals surface area contributed by atoms with Crippen LogP contribution in [0.4, 0.5) is 24.5 Å². The monoisotopic (exact) mass is 458 g/mol. The van der Waals surface area contributed by atoms with Crippen molar-refractivity contribution in [3.63, 3.8) is 0 Å². The summed E-state index contributed by atoms with van der Waals surface area (Å²) < 4.78 is 45.8. The van der Waals surface area contributed by atoms with Crippen molar-refractivity contribution in [3.05, 3.63) is 66.2 Å². The van der Waals surface area contributed by atoms with Crippen molar-refractivity contribution in [2.45, 2.75) is 25.9 Å². The fraction of sp³-hybridized carbons (Fsp3) is 0.333. The molecule has 3 aromatic rings. The van der Waals surface area contributed by atoms with E-state index in [0.29, 0.717) is 31.1 Å². The molecule has 0 atom stereocenters. The van der Waals surface area contributed by atoms with E-state index < -0.39 is 17.6 Å². The lowest BCUT2D eigenvalue weighted by molar-refractivity contribution is -0.137. The number of piperidine rings is 1. The Morgan fingerprint density at radius 2 is 1.85 bits per heavy atom. The average Bonchev–Trinajstić information content (AvgIpc) is 3.30. The van der Waals surface area contributed by atoms with Gasteiger partial charge in [-0.3, -0.25) is 9.78 Å². The van der Waals surface area contributed by atoms with Gasteiger partial charge in [0.05, 0.1) is 16.9 Å². The minimum Gasteiger partial charge on any atom is -0.451 e. The van der Waals surface area contributed by atoms with Crippen molar-refractivity contribution in [2.24, 2.45) is 11.1 Å². The number of nitrogens with one attached hydrogen (secondary N) is 1. The molecule has 174 valence electrons. The highest BCUT2D eigenvalue weighted by Crippen LogP contribution is 2.39. The predicted molar refractivity (Wildman–Crippen MR) is 120 cm³/mol. The van der Waals surface area contributed by atoms with E-state index in [1.165, 1.54) is 12.1 Å². The van der Waals surface area contributed by atoms with Crippen molar-refractivity contribution < 1.29 is 22.4 Å². The Balaban J connectivity index is 1.60. The summed E-state index contributed by atoms with van der Waals surface area (Å²) in [5.74, 6) is -0.164. The predicted octanol–water partition coefficient (Wildman–Crippen LogP) is 5.18. The molecule has 1 amide bonds. The van der Waals surface area contributed by atoms with Crippen LogP contribution in [0.5, 0.6) is 0 Å². The second-order valence-electron chi connectivity index (χ2n) is 8.59. The maximum absolute atomic E-state index is 13.4. The first kappa shape index (κ1) is 22.8. The van der Waals surface area contributed by atoms with E-state index in [-0.39, 0.29) is 16.9 Å². The summed E-state index contributed by atoms with van der Waals surface area (Å²) in [4.78, 5) is 18.8. The van der Waals surface area contributed by atoms with E-state index in [4.69, 9.17) is 10.2 Å². The summed E-state index contributed by atoms with van der Waals surface area (Å²) in [6, 6.07) is 10.0. The zero-order valence-corrected chi connectivity index (χ0v) is 18.2. The number of anilines is 2. The lowest BCUT2D eigenvalue weighted by Gasteiger charge is -2.40. The third kappa shape index (κ3) is 5.03. The molecule has 33 heavy (non-hydrogen) atoms. The first-order chi connectivity index (χ1) is 15.7. The summed E-state index contributed by atoms with van der Waals surface area (Å²) in [7, 11) is 0. The highest BCUT2D eigenvalue weighted by Gasteiger charge is 2.33. The molecule has 9 heteroatoms. The second-order valence-corrected chi connectivity index (χ2v) is 8.59. The van der Waals surface area contributed by atoms with Crippen molar-refractivity contribution in [1.29, 1.82) is 0 Å². The van der Waals surface area contributed by atoms with Crippen LogP contribution in [0.25, 0.3) is 11.3 Å². The molecule has 0 aliphatic carbocycles. The smallest absolute Gasteiger partial charge is 0.416 e. The van der Waals surface area contributed by atoms with Crippen LogP contribution in [0.2, 0.25) is 0 Å². The number of rotatable bonds is 5. The Kier molecular flexibility index (Phi) is 6.16. The largest absolute Gasteiger partial charge is 0.451 e. The maximum atomic E-state index is 13.4. The van der Waals surface area contributed by atoms with Gasteiger partial charge in [-0.1, -0.05) is 6.92 Å². The van der Waals surface area contributed by atoms with E-state index in [1.807, 2.05) is 4.90 Å². The Hall–Kier alpha value is -3.33. The third-order valence-corrected chi connectivity index (χ3v) is 6.17. The molecule has 1 saturated heterocycles. The number of aromatic nitrogens is 1. The van der Waals surface area contributed by atoms with E-state index in [2.05, 4.69) is 17.2 Å². The minimum absolute atomic E-state index is 0.000440. The number of benzene rings is 1. The Bertz CT molecular complexity index is 1120. The number of hydrogen-bond acceptors (Lipinski definition) is 5. The van der Waals surface area contributed by atoms with Crippen LogP contribution in [0, 0.1) is 5.41 Å². The van der Waals surface area contributed by atoms with Gasteiger partial charge in [-0.05, 0) is 67.3 Å². The standard InChI is InChI=1S/C24H25F3N4O2/c1-23(15-28)8-12-31(13-9-23)19-3-2-17(24(25,26)27)14-18(19)30-22(32)21-5-4-20(33-21)16-6-10-29-11-7-16/h2-7,10-11,14H,8-9,12-13,15,28H2,1H3,(H,30,32). The van der Waals surface area contributed by atoms with Crippen LogP contribution in [0.15, 0.2) is 59.3 Å². The normalized spacial score (nSPS) is 16.0. The van der Waals surface area contributed by atoms with Crippen LogP contribution in [-0.2, 0) is 6.18 Å². The molecule has 1 aliphatic heterocycles. The zero-order chi connectivity index (χ0) is 23.6. The van der Waals surface area contributed by atoms with Crippen molar-refractivity contribution in [1.82, 2.24) is 4.98 Å². The summed E-state index contributed by atoms with van der Waals surface area (Å²) in [5.41, 5.74) is 6.42. The van der Waals surface area contributed by atoms with Gasteiger partial charge < -0.3 is 20.4 Å². The highest BCUT2D eigenvalue weighted by molar-refractivity contribution is 6.04. The van der Waals surface area contributed by atoms with E-state index >= 15 is 0 Å². The first-order valence-corrected chi connectivity index (χ1v) is 10.7. The Morgan fingerprint density at radius 1 is 1.15 bits per heavy atom. The molecular formula is C24H25F3N4O2. The van der Waals surface area contributed by atoms with Gasteiger partial charge >= 0.3 is 6.18 Å². The lowest BCUT2D eigenvalue weighted by Crippen LogP contribution is -2.42. The molecule has 0 spiro atoms. The number of pyridine rings is 1. The van der Waals surface area contributed by atoms with Crippen LogP contribution < -0.4 is 16.0 Å². The molecule has 1 aliphatic rings. The minimum atomic E-state index is -4.53. The molecule has 0 unspecified atom stereocenters.